The lowest BCUT2D eigenvalue weighted by Crippen LogP contribution is -2.57. The summed E-state index contributed by atoms with van der Waals surface area (Å²) in [7, 11) is 0. The van der Waals surface area contributed by atoms with Crippen molar-refractivity contribution in [2.75, 3.05) is 6.54 Å². The van der Waals surface area contributed by atoms with Crippen molar-refractivity contribution in [3.63, 3.8) is 0 Å². The molecule has 194 valence electrons. The fourth-order valence-corrected chi connectivity index (χ4v) is 3.09. The average molecular weight is 495 g/mol. The molecule has 0 saturated heterocycles. The quantitative estimate of drug-likeness (QED) is 0.123. The van der Waals surface area contributed by atoms with E-state index in [4.69, 9.17) is 17.2 Å². The normalized spacial score (nSPS) is 14.1. The van der Waals surface area contributed by atoms with E-state index in [2.05, 4.69) is 16.0 Å². The second-order valence-corrected chi connectivity index (χ2v) is 8.12. The first-order chi connectivity index (χ1) is 16.4. The fraction of sp³-hybridized carbons (Fsp3) is 0.500. The molecule has 0 aliphatic heterocycles. The number of rotatable bonds is 15. The molecule has 0 aliphatic carbocycles. The smallest absolute Gasteiger partial charge is 0.326 e. The van der Waals surface area contributed by atoms with Gasteiger partial charge in [0.15, 0.2) is 0 Å². The molecule has 0 aliphatic rings. The summed E-state index contributed by atoms with van der Waals surface area (Å²) < 4.78 is 0. The van der Waals surface area contributed by atoms with Crippen molar-refractivity contribution in [2.45, 2.75) is 63.2 Å². The zero-order valence-electron chi connectivity index (χ0n) is 19.5. The number of hydrogen-bond donors (Lipinski definition) is 8. The SMILES string of the molecule is CC(NC(=O)C(N)Cc1ccc(O)cc1)C(=O)NC(CC(N)=O)C(=O)NC(CCCCN)C(=O)O. The van der Waals surface area contributed by atoms with Gasteiger partial charge in [-0.15, -0.1) is 0 Å². The topological polar surface area (TPSA) is 240 Å². The number of benzene rings is 1. The fourth-order valence-electron chi connectivity index (χ4n) is 3.09. The molecule has 0 spiro atoms. The third-order valence-corrected chi connectivity index (χ3v) is 5.08. The molecule has 4 unspecified atom stereocenters. The number of aliphatic carboxylic acids is 1. The van der Waals surface area contributed by atoms with Crippen LogP contribution in [-0.4, -0.2) is 70.5 Å². The van der Waals surface area contributed by atoms with E-state index in [1.807, 2.05) is 0 Å². The summed E-state index contributed by atoms with van der Waals surface area (Å²) in [6, 6.07) is 1.30. The molecule has 0 fully saturated rings. The highest BCUT2D eigenvalue weighted by atomic mass is 16.4. The molecule has 0 bridgehead atoms. The van der Waals surface area contributed by atoms with Gasteiger partial charge in [0.25, 0.3) is 0 Å². The molecule has 0 aromatic heterocycles. The molecule has 11 N–H and O–H groups in total. The van der Waals surface area contributed by atoms with Crippen LogP contribution in [0, 0.1) is 0 Å². The third-order valence-electron chi connectivity index (χ3n) is 5.08. The predicted molar refractivity (Wildman–Crippen MR) is 126 cm³/mol. The molecule has 1 rings (SSSR count). The van der Waals surface area contributed by atoms with Gasteiger partial charge in [-0.25, -0.2) is 4.79 Å². The molecular formula is C22H34N6O7. The Morgan fingerprint density at radius 1 is 0.914 bits per heavy atom. The lowest BCUT2D eigenvalue weighted by atomic mass is 10.1. The van der Waals surface area contributed by atoms with Crippen molar-refractivity contribution >= 4 is 29.6 Å². The van der Waals surface area contributed by atoms with Crippen LogP contribution in [0.5, 0.6) is 5.75 Å². The number of unbranched alkanes of at least 4 members (excludes halogenated alkanes) is 1. The van der Waals surface area contributed by atoms with E-state index in [1.165, 1.54) is 19.1 Å². The van der Waals surface area contributed by atoms with E-state index in [0.29, 0.717) is 24.9 Å². The largest absolute Gasteiger partial charge is 0.508 e. The van der Waals surface area contributed by atoms with E-state index in [0.717, 1.165) is 0 Å². The number of carbonyl (C=O) groups is 5. The van der Waals surface area contributed by atoms with Gasteiger partial charge in [-0.2, -0.15) is 0 Å². The van der Waals surface area contributed by atoms with Gasteiger partial charge in [0.1, 0.15) is 23.9 Å². The van der Waals surface area contributed by atoms with Crippen molar-refractivity contribution in [3.05, 3.63) is 29.8 Å². The molecule has 0 saturated carbocycles. The first-order valence-electron chi connectivity index (χ1n) is 11.1. The van der Waals surface area contributed by atoms with Crippen molar-refractivity contribution in [3.8, 4) is 5.75 Å². The molecule has 35 heavy (non-hydrogen) atoms. The molecule has 1 aromatic carbocycles. The zero-order chi connectivity index (χ0) is 26.5. The number of carbonyl (C=O) groups excluding carboxylic acids is 4. The number of carboxylic acid groups (broad SMARTS) is 1. The highest BCUT2D eigenvalue weighted by Gasteiger charge is 2.29. The highest BCUT2D eigenvalue weighted by molar-refractivity contribution is 5.95. The van der Waals surface area contributed by atoms with Gasteiger partial charge in [0.05, 0.1) is 12.5 Å². The zero-order valence-corrected chi connectivity index (χ0v) is 19.5. The molecule has 4 amide bonds. The van der Waals surface area contributed by atoms with E-state index in [-0.39, 0.29) is 18.6 Å². The van der Waals surface area contributed by atoms with Crippen LogP contribution >= 0.6 is 0 Å². The Labute approximate surface area is 202 Å². The Kier molecular flexibility index (Phi) is 12.2. The lowest BCUT2D eigenvalue weighted by Gasteiger charge is -2.23. The van der Waals surface area contributed by atoms with E-state index >= 15 is 0 Å². The van der Waals surface area contributed by atoms with Gasteiger partial charge in [0, 0.05) is 0 Å². The van der Waals surface area contributed by atoms with Crippen LogP contribution in [0.3, 0.4) is 0 Å². The van der Waals surface area contributed by atoms with Gasteiger partial charge in [-0.3, -0.25) is 19.2 Å². The summed E-state index contributed by atoms with van der Waals surface area (Å²) >= 11 is 0. The van der Waals surface area contributed by atoms with Crippen molar-refractivity contribution < 1.29 is 34.2 Å². The molecular weight excluding hydrogens is 460 g/mol. The van der Waals surface area contributed by atoms with Crippen molar-refractivity contribution in [1.29, 1.82) is 0 Å². The van der Waals surface area contributed by atoms with E-state index in [1.54, 1.807) is 12.1 Å². The molecule has 0 heterocycles. The number of aromatic hydroxyl groups is 1. The van der Waals surface area contributed by atoms with Gasteiger partial charge in [-0.1, -0.05) is 12.1 Å². The number of nitrogens with one attached hydrogen (secondary N) is 3. The number of hydrogen-bond acceptors (Lipinski definition) is 8. The van der Waals surface area contributed by atoms with Gasteiger partial charge in [-0.05, 0) is 56.8 Å². The highest BCUT2D eigenvalue weighted by Crippen LogP contribution is 2.11. The van der Waals surface area contributed by atoms with Crippen molar-refractivity contribution in [1.82, 2.24) is 16.0 Å². The van der Waals surface area contributed by atoms with Gasteiger partial charge < -0.3 is 43.4 Å². The summed E-state index contributed by atoms with van der Waals surface area (Å²) in [5.74, 6) is -4.44. The summed E-state index contributed by atoms with van der Waals surface area (Å²) in [5, 5.41) is 25.7. The Morgan fingerprint density at radius 3 is 2.06 bits per heavy atom. The van der Waals surface area contributed by atoms with Gasteiger partial charge >= 0.3 is 5.97 Å². The van der Waals surface area contributed by atoms with Crippen LogP contribution in [0.25, 0.3) is 0 Å². The maximum Gasteiger partial charge on any atom is 0.326 e. The minimum atomic E-state index is -1.44. The monoisotopic (exact) mass is 494 g/mol. The van der Waals surface area contributed by atoms with Crippen LogP contribution in [0.15, 0.2) is 24.3 Å². The second-order valence-electron chi connectivity index (χ2n) is 8.12. The van der Waals surface area contributed by atoms with Gasteiger partial charge in [0.2, 0.25) is 23.6 Å². The van der Waals surface area contributed by atoms with E-state index in [9.17, 15) is 34.2 Å². The van der Waals surface area contributed by atoms with Crippen LogP contribution in [0.4, 0.5) is 0 Å². The number of nitrogens with two attached hydrogens (primary N) is 3. The Bertz CT molecular complexity index is 893. The minimum absolute atomic E-state index is 0.0665. The number of carboxylic acids is 1. The summed E-state index contributed by atoms with van der Waals surface area (Å²) in [6.07, 6.45) is 0.698. The van der Waals surface area contributed by atoms with E-state index < -0.39 is 60.2 Å². The number of phenolic OH excluding ortho intramolecular Hbond substituents is 1. The van der Waals surface area contributed by atoms with Crippen LogP contribution in [0.1, 0.15) is 38.2 Å². The molecule has 0 radical (unpaired) electrons. The van der Waals surface area contributed by atoms with Crippen LogP contribution in [-0.2, 0) is 30.4 Å². The predicted octanol–water partition coefficient (Wildman–Crippen LogP) is -2.17. The number of phenols is 1. The number of amides is 4. The first-order valence-corrected chi connectivity index (χ1v) is 11.1. The maximum atomic E-state index is 12.6. The molecule has 13 nitrogen and oxygen atoms in total. The Balaban J connectivity index is 2.74. The summed E-state index contributed by atoms with van der Waals surface area (Å²) in [5.41, 5.74) is 17.2. The standard InChI is InChI=1S/C22H34N6O7/c1-12(26-20(32)15(24)10-13-5-7-14(29)8-6-13)19(31)28-17(11-18(25)30)21(33)27-16(22(34)35)4-2-3-9-23/h5-8,12,15-17,29H,2-4,9-11,23-24H2,1H3,(H2,25,30)(H,26,32)(H,27,33)(H,28,31)(H,34,35). The third kappa shape index (κ3) is 10.8. The van der Waals surface area contributed by atoms with Crippen molar-refractivity contribution in [2.24, 2.45) is 17.2 Å². The Morgan fingerprint density at radius 2 is 1.51 bits per heavy atom. The van der Waals surface area contributed by atoms with Crippen LogP contribution in [0.2, 0.25) is 0 Å². The minimum Gasteiger partial charge on any atom is -0.508 e. The summed E-state index contributed by atoms with van der Waals surface area (Å²) in [6.45, 7) is 1.72. The van der Waals surface area contributed by atoms with Crippen LogP contribution < -0.4 is 33.2 Å². The molecule has 13 heteroatoms. The summed E-state index contributed by atoms with van der Waals surface area (Å²) in [4.78, 5) is 60.4. The average Bonchev–Trinajstić information content (AvgIpc) is 2.78. The molecule has 4 atom stereocenters. The lowest BCUT2D eigenvalue weighted by molar-refractivity contribution is -0.142. The molecule has 1 aromatic rings. The Hall–Kier alpha value is -3.71. The maximum absolute atomic E-state index is 12.6. The number of primary amides is 1. The second kappa shape index (κ2) is 14.5. The first kappa shape index (κ1) is 29.3.